The number of urea groups is 1. The van der Waals surface area contributed by atoms with Crippen LogP contribution in [0.4, 0.5) is 10.5 Å². The van der Waals surface area contributed by atoms with Crippen LogP contribution in [0.1, 0.15) is 30.5 Å². The summed E-state index contributed by atoms with van der Waals surface area (Å²) in [4.78, 5) is 39.7. The number of carbonyl (C=O) groups is 3. The number of benzene rings is 3. The van der Waals surface area contributed by atoms with Gasteiger partial charge in [-0.1, -0.05) is 43.3 Å². The van der Waals surface area contributed by atoms with Gasteiger partial charge in [-0.05, 0) is 65.9 Å². The lowest BCUT2D eigenvalue weighted by atomic mass is 9.90. The quantitative estimate of drug-likeness (QED) is 0.559. The van der Waals surface area contributed by atoms with Gasteiger partial charge in [0.15, 0.2) is 0 Å². The minimum absolute atomic E-state index is 0.359. The first-order valence-corrected chi connectivity index (χ1v) is 10.9. The van der Waals surface area contributed by atoms with Crippen LogP contribution in [0.25, 0.3) is 10.8 Å². The Labute approximate surface area is 192 Å². The zero-order chi connectivity index (χ0) is 23.8. The maximum atomic E-state index is 13.3. The van der Waals surface area contributed by atoms with Gasteiger partial charge in [0.05, 0.1) is 7.11 Å². The van der Waals surface area contributed by atoms with E-state index < -0.39 is 23.4 Å². The van der Waals surface area contributed by atoms with E-state index in [1.165, 1.54) is 0 Å². The maximum Gasteiger partial charge on any atom is 0.325 e. The van der Waals surface area contributed by atoms with Gasteiger partial charge in [0.2, 0.25) is 5.91 Å². The van der Waals surface area contributed by atoms with E-state index in [1.54, 1.807) is 14.0 Å². The van der Waals surface area contributed by atoms with Crippen LogP contribution in [-0.2, 0) is 21.5 Å². The van der Waals surface area contributed by atoms with Crippen molar-refractivity contribution < 1.29 is 19.1 Å². The number of fused-ring (bicyclic) bond motifs is 1. The Morgan fingerprint density at radius 2 is 1.82 bits per heavy atom. The van der Waals surface area contributed by atoms with Gasteiger partial charge in [-0.15, -0.1) is 0 Å². The van der Waals surface area contributed by atoms with E-state index >= 15 is 0 Å². The molecule has 1 heterocycles. The van der Waals surface area contributed by atoms with Crippen molar-refractivity contribution in [3.05, 3.63) is 71.3 Å². The molecule has 3 aromatic rings. The van der Waals surface area contributed by atoms with Gasteiger partial charge < -0.3 is 15.4 Å². The molecule has 1 aliphatic heterocycles. The van der Waals surface area contributed by atoms with Gasteiger partial charge in [-0.3, -0.25) is 14.5 Å². The number of para-hydroxylation sites is 1. The second kappa shape index (κ2) is 8.58. The van der Waals surface area contributed by atoms with Crippen LogP contribution < -0.4 is 15.4 Å². The van der Waals surface area contributed by atoms with Crippen LogP contribution in [-0.4, -0.2) is 36.4 Å². The molecule has 1 fully saturated rings. The smallest absolute Gasteiger partial charge is 0.325 e. The molecule has 4 amide bonds. The van der Waals surface area contributed by atoms with Crippen LogP contribution in [0.3, 0.4) is 0 Å². The fraction of sp³-hybridized carbons (Fsp3) is 0.269. The molecule has 1 unspecified atom stereocenters. The lowest BCUT2D eigenvalue weighted by Crippen LogP contribution is -2.42. The van der Waals surface area contributed by atoms with Gasteiger partial charge in [-0.25, -0.2) is 4.79 Å². The lowest BCUT2D eigenvalue weighted by Gasteiger charge is -2.23. The average molecular weight is 446 g/mol. The Morgan fingerprint density at radius 1 is 1.09 bits per heavy atom. The van der Waals surface area contributed by atoms with Crippen molar-refractivity contribution in [1.82, 2.24) is 10.2 Å². The molecular formula is C26H27N3O4. The monoisotopic (exact) mass is 445 g/mol. The number of hydrogen-bond donors (Lipinski definition) is 2. The van der Waals surface area contributed by atoms with Gasteiger partial charge >= 0.3 is 6.03 Å². The van der Waals surface area contributed by atoms with Gasteiger partial charge in [0.25, 0.3) is 5.91 Å². The summed E-state index contributed by atoms with van der Waals surface area (Å²) in [5.74, 6) is -0.142. The highest BCUT2D eigenvalue weighted by Gasteiger charge is 2.49. The van der Waals surface area contributed by atoms with Crippen molar-refractivity contribution in [3.63, 3.8) is 0 Å². The second-order valence-electron chi connectivity index (χ2n) is 8.39. The number of ether oxygens (including phenoxy) is 1. The highest BCUT2D eigenvalue weighted by molar-refractivity contribution is 6.10. The average Bonchev–Trinajstić information content (AvgIpc) is 3.03. The molecule has 7 nitrogen and oxygen atoms in total. The van der Waals surface area contributed by atoms with E-state index in [9.17, 15) is 14.4 Å². The first kappa shape index (κ1) is 22.3. The zero-order valence-corrected chi connectivity index (χ0v) is 19.2. The molecule has 3 aromatic carbocycles. The second-order valence-corrected chi connectivity index (χ2v) is 8.39. The fourth-order valence-electron chi connectivity index (χ4n) is 4.22. The van der Waals surface area contributed by atoms with E-state index in [0.29, 0.717) is 5.56 Å². The molecule has 1 saturated heterocycles. The molecule has 1 atom stereocenters. The summed E-state index contributed by atoms with van der Waals surface area (Å²) in [5, 5.41) is 7.52. The van der Waals surface area contributed by atoms with E-state index in [1.807, 2.05) is 68.4 Å². The molecule has 1 aliphatic rings. The van der Waals surface area contributed by atoms with Crippen molar-refractivity contribution >= 4 is 34.3 Å². The Balaban J connectivity index is 1.56. The molecule has 0 radical (unpaired) electrons. The molecule has 0 aliphatic carbocycles. The van der Waals surface area contributed by atoms with Crippen LogP contribution in [0.5, 0.6) is 5.75 Å². The van der Waals surface area contributed by atoms with Crippen LogP contribution >= 0.6 is 0 Å². The number of methoxy groups -OCH3 is 1. The Morgan fingerprint density at radius 3 is 2.55 bits per heavy atom. The largest absolute Gasteiger partial charge is 0.497 e. The number of imide groups is 1. The summed E-state index contributed by atoms with van der Waals surface area (Å²) >= 11 is 0. The van der Waals surface area contributed by atoms with E-state index in [2.05, 4.69) is 10.6 Å². The van der Waals surface area contributed by atoms with E-state index in [-0.39, 0.29) is 6.54 Å². The molecule has 0 aromatic heterocycles. The molecule has 7 heteroatoms. The highest BCUT2D eigenvalue weighted by Crippen LogP contribution is 2.32. The summed E-state index contributed by atoms with van der Waals surface area (Å²) in [6, 6.07) is 16.4. The van der Waals surface area contributed by atoms with Crippen LogP contribution in [0.2, 0.25) is 0 Å². The predicted molar refractivity (Wildman–Crippen MR) is 127 cm³/mol. The summed E-state index contributed by atoms with van der Waals surface area (Å²) < 4.78 is 5.26. The molecule has 0 spiro atoms. The molecule has 0 bridgehead atoms. The molecule has 170 valence electrons. The summed E-state index contributed by atoms with van der Waals surface area (Å²) in [7, 11) is 1.61. The third kappa shape index (κ3) is 4.02. The minimum Gasteiger partial charge on any atom is -0.497 e. The lowest BCUT2D eigenvalue weighted by molar-refractivity contribution is -0.133. The van der Waals surface area contributed by atoms with Crippen molar-refractivity contribution in [2.75, 3.05) is 19.0 Å². The van der Waals surface area contributed by atoms with Crippen molar-refractivity contribution in [1.29, 1.82) is 0 Å². The molecule has 0 saturated carbocycles. The topological polar surface area (TPSA) is 87.7 Å². The first-order chi connectivity index (χ1) is 15.8. The highest BCUT2D eigenvalue weighted by atomic mass is 16.5. The fourth-order valence-corrected chi connectivity index (χ4v) is 4.22. The number of nitrogens with one attached hydrogen (secondary N) is 2. The number of anilines is 1. The summed E-state index contributed by atoms with van der Waals surface area (Å²) in [6.45, 7) is 5.22. The Hall–Kier alpha value is -3.87. The Bertz CT molecular complexity index is 1270. The number of carbonyl (C=O) groups excluding carboxylic acids is 3. The molecular weight excluding hydrogens is 418 g/mol. The van der Waals surface area contributed by atoms with Crippen molar-refractivity contribution in [2.45, 2.75) is 32.7 Å². The van der Waals surface area contributed by atoms with E-state index in [0.717, 1.165) is 44.7 Å². The van der Waals surface area contributed by atoms with Gasteiger partial charge in [-0.2, -0.15) is 0 Å². The first-order valence-electron chi connectivity index (χ1n) is 10.9. The molecule has 2 N–H and O–H groups in total. The number of nitrogens with zero attached hydrogens (tertiary/aromatic N) is 1. The van der Waals surface area contributed by atoms with Crippen LogP contribution in [0, 0.1) is 6.92 Å². The minimum atomic E-state index is -1.26. The Kier molecular flexibility index (Phi) is 5.80. The number of hydrogen-bond acceptors (Lipinski definition) is 4. The third-order valence-electron chi connectivity index (χ3n) is 6.21. The summed E-state index contributed by atoms with van der Waals surface area (Å²) in [5.41, 5.74) is 2.04. The standard InChI is InChI=1S/C26H27N3O4/c1-5-17-8-6-7-16(2)23(17)27-22(30)15-29-24(31)26(3,28-25(29)32)20-11-9-19-14-21(33-4)12-10-18(19)13-20/h6-14H,5,15H2,1-4H3,(H,27,30)(H,28,32). The zero-order valence-electron chi connectivity index (χ0n) is 19.2. The normalized spacial score (nSPS) is 17.9. The predicted octanol–water partition coefficient (Wildman–Crippen LogP) is 4.12. The SMILES string of the molecule is CCc1cccc(C)c1NC(=O)CN1C(=O)NC(C)(c2ccc3cc(OC)ccc3c2)C1=O. The van der Waals surface area contributed by atoms with Gasteiger partial charge in [0.1, 0.15) is 17.8 Å². The van der Waals surface area contributed by atoms with Crippen LogP contribution in [0.15, 0.2) is 54.6 Å². The maximum absolute atomic E-state index is 13.3. The molecule has 4 rings (SSSR count). The summed E-state index contributed by atoms with van der Waals surface area (Å²) in [6.07, 6.45) is 0.756. The van der Waals surface area contributed by atoms with Crippen molar-refractivity contribution in [2.24, 2.45) is 0 Å². The molecule has 33 heavy (non-hydrogen) atoms. The van der Waals surface area contributed by atoms with E-state index in [4.69, 9.17) is 4.74 Å². The van der Waals surface area contributed by atoms with Crippen molar-refractivity contribution in [3.8, 4) is 5.75 Å². The number of rotatable bonds is 6. The van der Waals surface area contributed by atoms with Gasteiger partial charge in [0, 0.05) is 5.69 Å². The number of amides is 4. The third-order valence-corrected chi connectivity index (χ3v) is 6.21. The number of aryl methyl sites for hydroxylation is 2.